The minimum absolute atomic E-state index is 0.0674. The summed E-state index contributed by atoms with van der Waals surface area (Å²) in [4.78, 5) is 10.4. The van der Waals surface area contributed by atoms with Crippen molar-refractivity contribution in [3.8, 4) is 0 Å². The van der Waals surface area contributed by atoms with Crippen LogP contribution >= 0.6 is 0 Å². The highest BCUT2D eigenvalue weighted by Crippen LogP contribution is 2.60. The Morgan fingerprint density at radius 3 is 1.96 bits per heavy atom. The first-order valence-electron chi connectivity index (χ1n) is 9.01. The van der Waals surface area contributed by atoms with E-state index in [0.29, 0.717) is 30.6 Å². The number of carbonyl (C=O) groups is 1. The van der Waals surface area contributed by atoms with Crippen molar-refractivity contribution in [2.24, 2.45) is 23.7 Å². The summed E-state index contributed by atoms with van der Waals surface area (Å²) in [5, 5.41) is 0. The zero-order valence-corrected chi connectivity index (χ0v) is 15.7. The van der Waals surface area contributed by atoms with Crippen LogP contribution in [-0.4, -0.2) is 24.5 Å². The molecule has 4 saturated carbocycles. The molecule has 1 N–H and O–H groups in total. The zero-order valence-electron chi connectivity index (χ0n) is 14.8. The summed E-state index contributed by atoms with van der Waals surface area (Å²) in [6.45, 7) is 1.89. The summed E-state index contributed by atoms with van der Waals surface area (Å²) in [7, 11) is -5.59. The molecule has 0 radical (unpaired) electrons. The monoisotopic (exact) mass is 422 g/mol. The third-order valence-corrected chi connectivity index (χ3v) is 7.60. The Bertz CT molecular complexity index is 934. The van der Waals surface area contributed by atoms with E-state index in [2.05, 4.69) is 0 Å². The molecule has 28 heavy (non-hydrogen) atoms. The van der Waals surface area contributed by atoms with Crippen LogP contribution in [0.2, 0.25) is 0 Å². The molecule has 4 aliphatic carbocycles. The predicted octanol–water partition coefficient (Wildman–Crippen LogP) is 3.86. The molecule has 3 atom stereocenters. The SMILES string of the molecule is CC1C2CC3CC(C2)CC1(OC(=O)c1c(F)c(F)c(S(=O)(=O)O)c(F)c1F)C3. The van der Waals surface area contributed by atoms with Crippen LogP contribution in [0.25, 0.3) is 0 Å². The number of ether oxygens (including phenoxy) is 1. The largest absolute Gasteiger partial charge is 0.455 e. The van der Waals surface area contributed by atoms with Crippen molar-refractivity contribution < 1.29 is 40.1 Å². The molecule has 5 rings (SSSR count). The van der Waals surface area contributed by atoms with E-state index in [-0.39, 0.29) is 5.92 Å². The van der Waals surface area contributed by atoms with Crippen LogP contribution in [0.15, 0.2) is 4.90 Å². The maximum Gasteiger partial charge on any atom is 0.344 e. The number of carbonyl (C=O) groups excluding carboxylic acids is 1. The van der Waals surface area contributed by atoms with Gasteiger partial charge in [-0.15, -0.1) is 0 Å². The fourth-order valence-corrected chi connectivity index (χ4v) is 6.28. The molecule has 0 aromatic heterocycles. The van der Waals surface area contributed by atoms with Crippen molar-refractivity contribution in [2.45, 2.75) is 49.5 Å². The Hall–Kier alpha value is -1.68. The van der Waals surface area contributed by atoms with Crippen LogP contribution < -0.4 is 0 Å². The van der Waals surface area contributed by atoms with E-state index < -0.39 is 55.4 Å². The van der Waals surface area contributed by atoms with E-state index in [9.17, 15) is 30.8 Å². The number of halogens is 4. The van der Waals surface area contributed by atoms with Gasteiger partial charge in [-0.25, -0.2) is 22.4 Å². The third kappa shape index (κ3) is 2.75. The van der Waals surface area contributed by atoms with Gasteiger partial charge in [-0.2, -0.15) is 8.42 Å². The lowest BCUT2D eigenvalue weighted by molar-refractivity contribution is -0.168. The topological polar surface area (TPSA) is 80.7 Å². The van der Waals surface area contributed by atoms with Crippen LogP contribution in [0.3, 0.4) is 0 Å². The molecule has 10 heteroatoms. The molecule has 3 unspecified atom stereocenters. The van der Waals surface area contributed by atoms with E-state index in [1.807, 2.05) is 6.92 Å². The van der Waals surface area contributed by atoms with E-state index in [1.54, 1.807) is 0 Å². The van der Waals surface area contributed by atoms with Gasteiger partial charge in [0.15, 0.2) is 28.2 Å². The molecule has 4 aliphatic rings. The highest BCUT2D eigenvalue weighted by molar-refractivity contribution is 7.85. The lowest BCUT2D eigenvalue weighted by atomic mass is 9.50. The van der Waals surface area contributed by atoms with Gasteiger partial charge >= 0.3 is 16.1 Å². The Labute approximate surface area is 158 Å². The van der Waals surface area contributed by atoms with Gasteiger partial charge in [-0.1, -0.05) is 6.92 Å². The van der Waals surface area contributed by atoms with Gasteiger partial charge in [0.1, 0.15) is 11.2 Å². The summed E-state index contributed by atoms with van der Waals surface area (Å²) < 4.78 is 92.9. The molecule has 0 amide bonds. The van der Waals surface area contributed by atoms with Crippen LogP contribution in [0.4, 0.5) is 17.6 Å². The van der Waals surface area contributed by atoms with Crippen LogP contribution in [0.5, 0.6) is 0 Å². The fraction of sp³-hybridized carbons (Fsp3) is 0.611. The van der Waals surface area contributed by atoms with Crippen molar-refractivity contribution in [1.82, 2.24) is 0 Å². The summed E-state index contributed by atoms with van der Waals surface area (Å²) in [5.74, 6) is -9.85. The Morgan fingerprint density at radius 1 is 1.00 bits per heavy atom. The highest BCUT2D eigenvalue weighted by Gasteiger charge is 2.58. The van der Waals surface area contributed by atoms with E-state index in [4.69, 9.17) is 9.29 Å². The lowest BCUT2D eigenvalue weighted by Crippen LogP contribution is -2.58. The number of rotatable bonds is 3. The highest BCUT2D eigenvalue weighted by atomic mass is 32.2. The minimum Gasteiger partial charge on any atom is -0.455 e. The third-order valence-electron chi connectivity index (χ3n) is 6.73. The molecule has 0 aliphatic heterocycles. The second-order valence-corrected chi connectivity index (χ2v) is 9.64. The predicted molar refractivity (Wildman–Crippen MR) is 87.0 cm³/mol. The molecule has 154 valence electrons. The smallest absolute Gasteiger partial charge is 0.344 e. The quantitative estimate of drug-likeness (QED) is 0.346. The van der Waals surface area contributed by atoms with Crippen molar-refractivity contribution in [3.05, 3.63) is 28.8 Å². The summed E-state index contributed by atoms with van der Waals surface area (Å²) in [6.07, 6.45) is 4.02. The first-order chi connectivity index (χ1) is 12.9. The van der Waals surface area contributed by atoms with Gasteiger partial charge in [-0.3, -0.25) is 4.55 Å². The van der Waals surface area contributed by atoms with E-state index in [0.717, 1.165) is 19.3 Å². The Morgan fingerprint density at radius 2 is 1.50 bits per heavy atom. The molecule has 5 nitrogen and oxygen atoms in total. The maximum absolute atomic E-state index is 14.3. The van der Waals surface area contributed by atoms with Crippen molar-refractivity contribution in [3.63, 3.8) is 0 Å². The average Bonchev–Trinajstić information content (AvgIpc) is 2.56. The van der Waals surface area contributed by atoms with Gasteiger partial charge in [-0.05, 0) is 55.8 Å². The molecule has 0 heterocycles. The van der Waals surface area contributed by atoms with Gasteiger partial charge in [0.25, 0.3) is 0 Å². The Kier molecular flexibility index (Phi) is 4.32. The van der Waals surface area contributed by atoms with Gasteiger partial charge < -0.3 is 4.74 Å². The first-order valence-corrected chi connectivity index (χ1v) is 10.5. The second kappa shape index (κ2) is 6.16. The molecule has 4 fully saturated rings. The first kappa shape index (κ1) is 19.6. The zero-order chi connectivity index (χ0) is 20.6. The van der Waals surface area contributed by atoms with E-state index in [1.165, 1.54) is 0 Å². The molecule has 0 spiro atoms. The number of hydrogen-bond acceptors (Lipinski definition) is 4. The maximum atomic E-state index is 14.3. The van der Waals surface area contributed by atoms with Gasteiger partial charge in [0, 0.05) is 0 Å². The second-order valence-electron chi connectivity index (χ2n) is 8.29. The fourth-order valence-electron chi connectivity index (χ4n) is 5.65. The van der Waals surface area contributed by atoms with Crippen LogP contribution in [0, 0.1) is 46.9 Å². The standard InChI is InChI=1S/C18H18F4O5S/c1-7-10-3-8-2-9(4-10)6-18(7,5-8)27-17(23)11-12(19)14(21)16(28(24,25)26)15(22)13(11)20/h7-10H,2-6H2,1H3,(H,24,25,26). The van der Waals surface area contributed by atoms with E-state index >= 15 is 0 Å². The van der Waals surface area contributed by atoms with Crippen molar-refractivity contribution >= 4 is 16.1 Å². The molecule has 4 bridgehead atoms. The number of esters is 1. The van der Waals surface area contributed by atoms with Crippen LogP contribution in [-0.2, 0) is 14.9 Å². The lowest BCUT2D eigenvalue weighted by Gasteiger charge is -2.59. The number of benzene rings is 1. The normalized spacial score (nSPS) is 33.9. The van der Waals surface area contributed by atoms with Crippen LogP contribution in [0.1, 0.15) is 49.4 Å². The van der Waals surface area contributed by atoms with Gasteiger partial charge in [0.2, 0.25) is 0 Å². The average molecular weight is 422 g/mol. The van der Waals surface area contributed by atoms with Crippen molar-refractivity contribution in [1.29, 1.82) is 0 Å². The molecule has 0 saturated heterocycles. The summed E-state index contributed by atoms with van der Waals surface area (Å²) in [6, 6.07) is 0. The summed E-state index contributed by atoms with van der Waals surface area (Å²) >= 11 is 0. The number of hydrogen-bond donors (Lipinski definition) is 1. The molecular weight excluding hydrogens is 404 g/mol. The summed E-state index contributed by atoms with van der Waals surface area (Å²) in [5.41, 5.74) is -2.59. The molecular formula is C18H18F4O5S. The minimum atomic E-state index is -5.59. The Balaban J connectivity index is 1.74. The molecule has 1 aromatic carbocycles. The van der Waals surface area contributed by atoms with Crippen molar-refractivity contribution in [2.75, 3.05) is 0 Å². The molecule has 1 aromatic rings. The van der Waals surface area contributed by atoms with Gasteiger partial charge in [0.05, 0.1) is 0 Å².